The second kappa shape index (κ2) is 5.27. The zero-order valence-corrected chi connectivity index (χ0v) is 10.6. The topological polar surface area (TPSA) is 65.5 Å². The smallest absolute Gasteiger partial charge is 0.306 e. The Morgan fingerprint density at radius 1 is 1.47 bits per heavy atom. The van der Waals surface area contributed by atoms with Crippen LogP contribution in [0.25, 0.3) is 0 Å². The maximum atomic E-state index is 13.4. The summed E-state index contributed by atoms with van der Waals surface area (Å²) in [5.41, 5.74) is -0.689. The number of nitro groups is 1. The van der Waals surface area contributed by atoms with Gasteiger partial charge < -0.3 is 9.15 Å². The Labute approximate surface area is 112 Å². The molecule has 100 valence electrons. The minimum absolute atomic E-state index is 0.0267. The number of furan rings is 1. The predicted octanol–water partition coefficient (Wildman–Crippen LogP) is 3.87. The lowest BCUT2D eigenvalue weighted by atomic mass is 10.3. The molecule has 0 aliphatic carbocycles. The van der Waals surface area contributed by atoms with E-state index in [0.29, 0.717) is 5.76 Å². The minimum atomic E-state index is -1.000. The van der Waals surface area contributed by atoms with Gasteiger partial charge in [-0.2, -0.15) is 4.39 Å². The first kappa shape index (κ1) is 13.4. The van der Waals surface area contributed by atoms with Gasteiger partial charge in [-0.15, -0.1) is 0 Å². The number of halogens is 2. The Balaban J connectivity index is 2.17. The molecule has 0 spiro atoms. The average molecular weight is 286 g/mol. The first-order valence-electron chi connectivity index (χ1n) is 5.29. The third-order valence-corrected chi connectivity index (χ3v) is 2.66. The summed E-state index contributed by atoms with van der Waals surface area (Å²) in [6.07, 6.45) is 0. The van der Waals surface area contributed by atoms with Gasteiger partial charge in [0.05, 0.1) is 9.95 Å². The molecule has 0 saturated carbocycles. The zero-order valence-electron chi connectivity index (χ0n) is 9.85. The van der Waals surface area contributed by atoms with E-state index in [1.165, 1.54) is 0 Å². The summed E-state index contributed by atoms with van der Waals surface area (Å²) >= 11 is 5.79. The molecule has 0 bridgehead atoms. The molecule has 0 aliphatic heterocycles. The molecule has 0 aliphatic rings. The van der Waals surface area contributed by atoms with Crippen LogP contribution in [0.1, 0.15) is 11.5 Å². The first-order chi connectivity index (χ1) is 8.97. The molecule has 7 heteroatoms. The molecule has 2 rings (SSSR count). The van der Waals surface area contributed by atoms with E-state index in [4.69, 9.17) is 20.8 Å². The van der Waals surface area contributed by atoms with E-state index in [0.717, 1.165) is 17.9 Å². The van der Waals surface area contributed by atoms with Gasteiger partial charge in [-0.05, 0) is 19.1 Å². The Bertz CT molecular complexity index is 626. The molecule has 0 radical (unpaired) electrons. The summed E-state index contributed by atoms with van der Waals surface area (Å²) in [6, 6.07) is 5.28. The van der Waals surface area contributed by atoms with Crippen molar-refractivity contribution in [1.29, 1.82) is 0 Å². The largest absolute Gasteiger partial charge is 0.484 e. The van der Waals surface area contributed by atoms with Crippen molar-refractivity contribution in [2.45, 2.75) is 13.5 Å². The molecule has 1 aromatic carbocycles. The van der Waals surface area contributed by atoms with Crippen molar-refractivity contribution in [3.8, 4) is 5.75 Å². The highest BCUT2D eigenvalue weighted by Crippen LogP contribution is 2.32. The molecule has 0 N–H and O–H groups in total. The fraction of sp³-hybridized carbons (Fsp3) is 0.167. The van der Waals surface area contributed by atoms with Crippen molar-refractivity contribution in [3.63, 3.8) is 0 Å². The number of rotatable bonds is 4. The Hall–Kier alpha value is -2.08. The lowest BCUT2D eigenvalue weighted by Crippen LogP contribution is -1.98. The van der Waals surface area contributed by atoms with Gasteiger partial charge in [0.1, 0.15) is 23.9 Å². The van der Waals surface area contributed by atoms with Gasteiger partial charge in [-0.1, -0.05) is 11.6 Å². The van der Waals surface area contributed by atoms with Crippen molar-refractivity contribution < 1.29 is 18.5 Å². The summed E-state index contributed by atoms with van der Waals surface area (Å²) < 4.78 is 23.9. The normalized spacial score (nSPS) is 10.5. The molecular formula is C12H9ClFNO4. The van der Waals surface area contributed by atoms with Crippen LogP contribution < -0.4 is 4.74 Å². The predicted molar refractivity (Wildman–Crippen MR) is 65.8 cm³/mol. The van der Waals surface area contributed by atoms with E-state index in [1.807, 2.05) is 0 Å². The molecule has 0 unspecified atom stereocenters. The Kier molecular flexibility index (Phi) is 3.71. The number of hydrogen-bond donors (Lipinski definition) is 0. The highest BCUT2D eigenvalue weighted by atomic mass is 35.5. The van der Waals surface area contributed by atoms with Gasteiger partial charge in [0.25, 0.3) is 0 Å². The number of hydrogen-bond acceptors (Lipinski definition) is 4. The van der Waals surface area contributed by atoms with E-state index in [2.05, 4.69) is 0 Å². The summed E-state index contributed by atoms with van der Waals surface area (Å²) in [4.78, 5) is 9.67. The molecule has 1 aromatic heterocycles. The van der Waals surface area contributed by atoms with Gasteiger partial charge in [0.15, 0.2) is 0 Å². The van der Waals surface area contributed by atoms with Crippen LogP contribution in [0.3, 0.4) is 0 Å². The van der Waals surface area contributed by atoms with Crippen LogP contribution in [-0.2, 0) is 6.61 Å². The fourth-order valence-corrected chi connectivity index (χ4v) is 1.69. The van der Waals surface area contributed by atoms with Crippen LogP contribution in [0.15, 0.2) is 28.7 Å². The highest BCUT2D eigenvalue weighted by molar-refractivity contribution is 6.32. The SMILES string of the molecule is Cc1ccc(COc2cc(F)c([N+](=O)[O-])cc2Cl)o1. The van der Waals surface area contributed by atoms with E-state index >= 15 is 0 Å². The standard InChI is InChI=1S/C12H9ClFNO4/c1-7-2-3-8(19-7)6-18-12-5-10(14)11(15(16)17)4-9(12)13/h2-5H,6H2,1H3. The van der Waals surface area contributed by atoms with Gasteiger partial charge in [0.2, 0.25) is 5.82 Å². The second-order valence-corrected chi connectivity index (χ2v) is 4.20. The van der Waals surface area contributed by atoms with Crippen molar-refractivity contribution in [2.75, 3.05) is 0 Å². The van der Waals surface area contributed by atoms with Crippen LogP contribution >= 0.6 is 11.6 Å². The molecule has 0 atom stereocenters. The van der Waals surface area contributed by atoms with Crippen molar-refractivity contribution >= 4 is 17.3 Å². The van der Waals surface area contributed by atoms with Gasteiger partial charge in [-0.25, -0.2) is 0 Å². The Morgan fingerprint density at radius 3 is 2.79 bits per heavy atom. The first-order valence-corrected chi connectivity index (χ1v) is 5.66. The van der Waals surface area contributed by atoms with Crippen molar-refractivity contribution in [1.82, 2.24) is 0 Å². The zero-order chi connectivity index (χ0) is 14.0. The van der Waals surface area contributed by atoms with Gasteiger partial charge in [0, 0.05) is 12.1 Å². The fourth-order valence-electron chi connectivity index (χ4n) is 1.48. The van der Waals surface area contributed by atoms with Crippen LogP contribution in [0, 0.1) is 22.9 Å². The third-order valence-electron chi connectivity index (χ3n) is 2.36. The van der Waals surface area contributed by atoms with E-state index in [1.54, 1.807) is 19.1 Å². The quantitative estimate of drug-likeness (QED) is 0.632. The van der Waals surface area contributed by atoms with E-state index in [-0.39, 0.29) is 17.4 Å². The molecule has 2 aromatic rings. The lowest BCUT2D eigenvalue weighted by Gasteiger charge is -2.06. The minimum Gasteiger partial charge on any atom is -0.484 e. The summed E-state index contributed by atoms with van der Waals surface area (Å²) in [5.74, 6) is 0.297. The Morgan fingerprint density at radius 2 is 2.21 bits per heavy atom. The van der Waals surface area contributed by atoms with Crippen LogP contribution in [0.2, 0.25) is 5.02 Å². The number of ether oxygens (including phenoxy) is 1. The third kappa shape index (κ3) is 3.03. The molecule has 1 heterocycles. The van der Waals surface area contributed by atoms with Gasteiger partial charge >= 0.3 is 5.69 Å². The van der Waals surface area contributed by atoms with Crippen LogP contribution in [0.5, 0.6) is 5.75 Å². The van der Waals surface area contributed by atoms with Crippen LogP contribution in [0.4, 0.5) is 10.1 Å². The molecule has 19 heavy (non-hydrogen) atoms. The lowest BCUT2D eigenvalue weighted by molar-refractivity contribution is -0.387. The van der Waals surface area contributed by atoms with Gasteiger partial charge in [-0.3, -0.25) is 10.1 Å². The maximum Gasteiger partial charge on any atom is 0.306 e. The van der Waals surface area contributed by atoms with Crippen molar-refractivity contribution in [2.24, 2.45) is 0 Å². The van der Waals surface area contributed by atoms with E-state index < -0.39 is 16.4 Å². The maximum absolute atomic E-state index is 13.4. The summed E-state index contributed by atoms with van der Waals surface area (Å²) in [6.45, 7) is 1.84. The van der Waals surface area contributed by atoms with E-state index in [9.17, 15) is 14.5 Å². The van der Waals surface area contributed by atoms with Crippen LogP contribution in [-0.4, -0.2) is 4.92 Å². The highest BCUT2D eigenvalue weighted by Gasteiger charge is 2.18. The molecule has 5 nitrogen and oxygen atoms in total. The summed E-state index contributed by atoms with van der Waals surface area (Å²) in [5, 5.41) is 10.5. The number of benzene rings is 1. The number of nitro benzene ring substituents is 1. The molecular weight excluding hydrogens is 277 g/mol. The molecule has 0 fully saturated rings. The monoisotopic (exact) mass is 285 g/mol. The molecule has 0 amide bonds. The number of aryl methyl sites for hydroxylation is 1. The van der Waals surface area contributed by atoms with Crippen molar-refractivity contribution in [3.05, 3.63) is 56.7 Å². The molecule has 0 saturated heterocycles. The number of nitrogens with zero attached hydrogens (tertiary/aromatic N) is 1. The average Bonchev–Trinajstić information content (AvgIpc) is 2.75. The summed E-state index contributed by atoms with van der Waals surface area (Å²) in [7, 11) is 0. The second-order valence-electron chi connectivity index (χ2n) is 3.79.